The quantitative estimate of drug-likeness (QED) is 0.521. The zero-order valence-electron chi connectivity index (χ0n) is 16.1. The summed E-state index contributed by atoms with van der Waals surface area (Å²) in [6.07, 6.45) is -2.80. The zero-order chi connectivity index (χ0) is 21.1. The Morgan fingerprint density at radius 1 is 1.17 bits per heavy atom. The lowest BCUT2D eigenvalue weighted by Crippen LogP contribution is -2.36. The van der Waals surface area contributed by atoms with E-state index in [0.29, 0.717) is 18.4 Å². The molecule has 4 rings (SSSR count). The normalized spacial score (nSPS) is 24.1. The molecule has 2 aromatic carbocycles. The fourth-order valence-corrected chi connectivity index (χ4v) is 7.14. The minimum atomic E-state index is -4.59. The van der Waals surface area contributed by atoms with Crippen molar-refractivity contribution in [1.82, 2.24) is 4.31 Å². The SMILES string of the molecule is Cc1ccc(Br)c2c1C(N1C[C@@H](C)Cc3ccc(C(F)(F)F)cc3S1(=O)=O)CC2. The molecule has 0 saturated carbocycles. The molecule has 0 aromatic heterocycles. The van der Waals surface area contributed by atoms with Gasteiger partial charge in [-0.15, -0.1) is 0 Å². The number of aryl methyl sites for hydroxylation is 1. The minimum absolute atomic E-state index is 0.000675. The summed E-state index contributed by atoms with van der Waals surface area (Å²) in [6.45, 7) is 4.18. The first-order valence-electron chi connectivity index (χ1n) is 9.50. The molecule has 2 aromatic rings. The summed E-state index contributed by atoms with van der Waals surface area (Å²) in [6, 6.07) is 6.64. The van der Waals surface area contributed by atoms with Crippen LogP contribution >= 0.6 is 15.9 Å². The van der Waals surface area contributed by atoms with Crippen molar-refractivity contribution in [3.63, 3.8) is 0 Å². The number of hydrogen-bond donors (Lipinski definition) is 0. The van der Waals surface area contributed by atoms with Gasteiger partial charge in [0.2, 0.25) is 10.0 Å². The summed E-state index contributed by atoms with van der Waals surface area (Å²) in [4.78, 5) is -0.210. The second kappa shape index (κ2) is 7.10. The van der Waals surface area contributed by atoms with Gasteiger partial charge in [0.25, 0.3) is 0 Å². The Labute approximate surface area is 177 Å². The number of fused-ring (bicyclic) bond motifs is 2. The molecule has 156 valence electrons. The number of alkyl halides is 3. The Kier molecular flexibility index (Phi) is 5.11. The molecule has 0 saturated heterocycles. The molecule has 1 aliphatic carbocycles. The third kappa shape index (κ3) is 3.53. The van der Waals surface area contributed by atoms with E-state index in [-0.39, 0.29) is 23.4 Å². The van der Waals surface area contributed by atoms with Crippen LogP contribution < -0.4 is 0 Å². The van der Waals surface area contributed by atoms with E-state index in [1.807, 2.05) is 26.0 Å². The van der Waals surface area contributed by atoms with Gasteiger partial charge in [-0.25, -0.2) is 8.42 Å². The van der Waals surface area contributed by atoms with Crippen molar-refractivity contribution in [2.45, 2.75) is 50.2 Å². The highest BCUT2D eigenvalue weighted by molar-refractivity contribution is 9.10. The average Bonchev–Trinajstić information content (AvgIpc) is 3.04. The van der Waals surface area contributed by atoms with Crippen molar-refractivity contribution in [3.05, 3.63) is 62.6 Å². The van der Waals surface area contributed by atoms with Gasteiger partial charge in [-0.2, -0.15) is 17.5 Å². The predicted molar refractivity (Wildman–Crippen MR) is 108 cm³/mol. The maximum atomic E-state index is 13.6. The molecule has 29 heavy (non-hydrogen) atoms. The lowest BCUT2D eigenvalue weighted by Gasteiger charge is -2.30. The predicted octanol–water partition coefficient (Wildman–Crippen LogP) is 5.65. The van der Waals surface area contributed by atoms with Crippen LogP contribution in [0.1, 0.15) is 47.2 Å². The maximum absolute atomic E-state index is 13.6. The third-order valence-corrected chi connectivity index (χ3v) is 8.61. The fourth-order valence-electron chi connectivity index (χ4n) is 4.59. The van der Waals surface area contributed by atoms with Crippen molar-refractivity contribution in [1.29, 1.82) is 0 Å². The van der Waals surface area contributed by atoms with Gasteiger partial charge in [0.15, 0.2) is 0 Å². The summed E-state index contributed by atoms with van der Waals surface area (Å²) < 4.78 is 69.4. The Balaban J connectivity index is 1.87. The van der Waals surface area contributed by atoms with Crippen molar-refractivity contribution >= 4 is 26.0 Å². The summed E-state index contributed by atoms with van der Waals surface area (Å²) in [5.74, 6) is -0.000675. The first kappa shape index (κ1) is 20.9. The molecule has 0 spiro atoms. The Bertz CT molecular complexity index is 1080. The highest BCUT2D eigenvalue weighted by Crippen LogP contribution is 2.45. The molecular formula is C21H21BrF3NO2S. The smallest absolute Gasteiger partial charge is 0.207 e. The van der Waals surface area contributed by atoms with Crippen LogP contribution in [0.25, 0.3) is 0 Å². The van der Waals surface area contributed by atoms with Gasteiger partial charge in [0.1, 0.15) is 0 Å². The molecule has 8 heteroatoms. The molecule has 3 nitrogen and oxygen atoms in total. The van der Waals surface area contributed by atoms with Gasteiger partial charge in [0.05, 0.1) is 16.5 Å². The number of hydrogen-bond acceptors (Lipinski definition) is 2. The summed E-state index contributed by atoms with van der Waals surface area (Å²) in [7, 11) is -4.07. The Hall–Kier alpha value is -1.38. The lowest BCUT2D eigenvalue weighted by molar-refractivity contribution is -0.137. The Morgan fingerprint density at radius 3 is 2.59 bits per heavy atom. The van der Waals surface area contributed by atoms with Crippen molar-refractivity contribution in [2.75, 3.05) is 6.54 Å². The number of halogens is 4. The van der Waals surface area contributed by atoms with Crippen LogP contribution in [-0.4, -0.2) is 19.3 Å². The van der Waals surface area contributed by atoms with Gasteiger partial charge >= 0.3 is 6.18 Å². The standard InChI is InChI=1S/C21H21BrF3NO2S/c1-12-9-14-4-5-15(21(23,24)25)10-19(14)29(27,28)26(11-12)18-8-6-16-17(22)7-3-13(2)20(16)18/h3-5,7,10,12,18H,6,8-9,11H2,1-2H3/t12-,18?/m0/s1. The first-order chi connectivity index (χ1) is 13.5. The van der Waals surface area contributed by atoms with Crippen LogP contribution in [0.3, 0.4) is 0 Å². The highest BCUT2D eigenvalue weighted by Gasteiger charge is 2.42. The van der Waals surface area contributed by atoms with Gasteiger partial charge < -0.3 is 0 Å². The molecular weight excluding hydrogens is 467 g/mol. The van der Waals surface area contributed by atoms with E-state index >= 15 is 0 Å². The molecule has 0 N–H and O–H groups in total. The molecule has 1 unspecified atom stereocenters. The van der Waals surface area contributed by atoms with Gasteiger partial charge in [0, 0.05) is 11.0 Å². The van der Waals surface area contributed by atoms with E-state index in [1.54, 1.807) is 0 Å². The van der Waals surface area contributed by atoms with Gasteiger partial charge in [-0.1, -0.05) is 35.0 Å². The van der Waals surface area contributed by atoms with E-state index < -0.39 is 21.8 Å². The molecule has 0 fully saturated rings. The number of sulfonamides is 1. The number of nitrogens with zero attached hydrogens (tertiary/aromatic N) is 1. The number of benzene rings is 2. The minimum Gasteiger partial charge on any atom is -0.207 e. The molecule has 0 amide bonds. The van der Waals surface area contributed by atoms with E-state index in [4.69, 9.17) is 0 Å². The summed E-state index contributed by atoms with van der Waals surface area (Å²) in [5, 5.41) is 0. The van der Waals surface area contributed by atoms with Crippen molar-refractivity contribution in [2.24, 2.45) is 5.92 Å². The zero-order valence-corrected chi connectivity index (χ0v) is 18.5. The van der Waals surface area contributed by atoms with Crippen LogP contribution in [0.15, 0.2) is 39.7 Å². The summed E-state index contributed by atoms with van der Waals surface area (Å²) >= 11 is 3.55. The van der Waals surface area contributed by atoms with Gasteiger partial charge in [-0.05, 0) is 72.6 Å². The van der Waals surface area contributed by atoms with Crippen LogP contribution in [-0.2, 0) is 29.0 Å². The molecule has 0 bridgehead atoms. The molecule has 0 radical (unpaired) electrons. The molecule has 1 heterocycles. The van der Waals surface area contributed by atoms with Crippen molar-refractivity contribution in [3.8, 4) is 0 Å². The van der Waals surface area contributed by atoms with Crippen LogP contribution in [0.5, 0.6) is 0 Å². The maximum Gasteiger partial charge on any atom is 0.416 e. The van der Waals surface area contributed by atoms with Crippen LogP contribution in [0, 0.1) is 12.8 Å². The average molecular weight is 488 g/mol. The summed E-state index contributed by atoms with van der Waals surface area (Å²) in [5.41, 5.74) is 2.59. The van der Waals surface area contributed by atoms with Crippen LogP contribution in [0.2, 0.25) is 0 Å². The van der Waals surface area contributed by atoms with E-state index in [1.165, 1.54) is 10.4 Å². The van der Waals surface area contributed by atoms with Gasteiger partial charge in [-0.3, -0.25) is 0 Å². The largest absolute Gasteiger partial charge is 0.416 e. The number of rotatable bonds is 1. The molecule has 2 aliphatic rings. The second-order valence-electron chi connectivity index (χ2n) is 8.02. The Morgan fingerprint density at radius 2 is 1.90 bits per heavy atom. The fraction of sp³-hybridized carbons (Fsp3) is 0.429. The second-order valence-corrected chi connectivity index (χ2v) is 10.7. The topological polar surface area (TPSA) is 37.4 Å². The highest BCUT2D eigenvalue weighted by atomic mass is 79.9. The monoisotopic (exact) mass is 487 g/mol. The first-order valence-corrected chi connectivity index (χ1v) is 11.7. The van der Waals surface area contributed by atoms with E-state index in [9.17, 15) is 21.6 Å². The van der Waals surface area contributed by atoms with E-state index in [0.717, 1.165) is 39.7 Å². The van der Waals surface area contributed by atoms with E-state index in [2.05, 4.69) is 15.9 Å². The third-order valence-electron chi connectivity index (χ3n) is 5.91. The lowest BCUT2D eigenvalue weighted by atomic mass is 9.98. The van der Waals surface area contributed by atoms with Crippen molar-refractivity contribution < 1.29 is 21.6 Å². The molecule has 1 aliphatic heterocycles. The van der Waals surface area contributed by atoms with Crippen LogP contribution in [0.4, 0.5) is 13.2 Å². The molecule has 2 atom stereocenters.